The molecule has 4 aromatic rings. The molecule has 0 fully saturated rings. The second kappa shape index (κ2) is 8.65. The number of hydrogen-bond donors (Lipinski definition) is 2. The maximum Gasteiger partial charge on any atom is 0.257 e. The number of carbonyl (C=O) groups is 1. The molecule has 3 aromatic carbocycles. The summed E-state index contributed by atoms with van der Waals surface area (Å²) >= 11 is 11.2. The predicted molar refractivity (Wildman–Crippen MR) is 124 cm³/mol. The minimum atomic E-state index is -0.261. The number of thiocarbonyl (C=S) groups is 1. The number of aryl methyl sites for hydroxylation is 1. The van der Waals surface area contributed by atoms with Crippen molar-refractivity contribution >= 4 is 51.6 Å². The van der Waals surface area contributed by atoms with Gasteiger partial charge in [-0.05, 0) is 78.8 Å². The number of anilines is 1. The molecule has 0 unspecified atom stereocenters. The number of rotatable bonds is 4. The van der Waals surface area contributed by atoms with Gasteiger partial charge in [0.1, 0.15) is 5.52 Å². The van der Waals surface area contributed by atoms with Crippen LogP contribution in [0.3, 0.4) is 0 Å². The van der Waals surface area contributed by atoms with Gasteiger partial charge in [-0.3, -0.25) is 10.1 Å². The second-order valence-electron chi connectivity index (χ2n) is 6.67. The van der Waals surface area contributed by atoms with Crippen molar-refractivity contribution in [1.29, 1.82) is 0 Å². The third-order valence-electron chi connectivity index (χ3n) is 4.59. The topological polar surface area (TPSA) is 67.2 Å². The molecule has 0 saturated heterocycles. The average Bonchev–Trinajstić information content (AvgIpc) is 3.17. The van der Waals surface area contributed by atoms with Gasteiger partial charge in [-0.1, -0.05) is 30.7 Å². The third-order valence-corrected chi connectivity index (χ3v) is 5.04. The molecule has 0 aliphatic rings. The quantitative estimate of drug-likeness (QED) is 0.394. The number of hydrogen-bond acceptors (Lipinski definition) is 4. The number of carbonyl (C=O) groups excluding carboxylic acids is 1. The number of nitrogens with one attached hydrogen (secondary N) is 2. The Labute approximate surface area is 184 Å². The summed E-state index contributed by atoms with van der Waals surface area (Å²) < 4.78 is 5.81. The molecule has 0 atom stereocenters. The first-order valence-electron chi connectivity index (χ1n) is 9.39. The van der Waals surface area contributed by atoms with Crippen molar-refractivity contribution in [2.75, 3.05) is 5.32 Å². The maximum atomic E-state index is 12.4. The summed E-state index contributed by atoms with van der Waals surface area (Å²) in [7, 11) is 0. The van der Waals surface area contributed by atoms with Crippen LogP contribution in [0.15, 0.2) is 71.1 Å². The fourth-order valence-electron chi connectivity index (χ4n) is 2.95. The van der Waals surface area contributed by atoms with E-state index >= 15 is 0 Å². The number of benzene rings is 3. The van der Waals surface area contributed by atoms with E-state index in [9.17, 15) is 4.79 Å². The van der Waals surface area contributed by atoms with E-state index in [0.29, 0.717) is 33.3 Å². The van der Waals surface area contributed by atoms with Gasteiger partial charge in [0.2, 0.25) is 5.89 Å². The van der Waals surface area contributed by atoms with Gasteiger partial charge in [0.25, 0.3) is 5.91 Å². The summed E-state index contributed by atoms with van der Waals surface area (Å²) in [6, 6.07) is 20.1. The molecule has 1 heterocycles. The molecular weight excluding hydrogens is 418 g/mol. The standard InChI is InChI=1S/C23H18ClN3O2S/c1-2-14-3-5-15(6-4-14)21(28)27-23(30)25-18-11-12-20-19(13-18)26-22(29-20)16-7-9-17(24)10-8-16/h3-13H,2H2,1H3,(H2,25,27,28,30). The lowest BCUT2D eigenvalue weighted by molar-refractivity contribution is 0.0977. The molecule has 0 aliphatic heterocycles. The van der Waals surface area contributed by atoms with Gasteiger partial charge in [-0.2, -0.15) is 0 Å². The van der Waals surface area contributed by atoms with Crippen LogP contribution in [-0.2, 0) is 6.42 Å². The van der Waals surface area contributed by atoms with Gasteiger partial charge in [0.05, 0.1) is 0 Å². The Morgan fingerprint density at radius 1 is 1.07 bits per heavy atom. The Morgan fingerprint density at radius 2 is 1.80 bits per heavy atom. The zero-order chi connectivity index (χ0) is 21.1. The zero-order valence-corrected chi connectivity index (χ0v) is 17.7. The monoisotopic (exact) mass is 435 g/mol. The van der Waals surface area contributed by atoms with Gasteiger partial charge in [0, 0.05) is 21.8 Å². The molecule has 0 bridgehead atoms. The number of amides is 1. The van der Waals surface area contributed by atoms with E-state index < -0.39 is 0 Å². The highest BCUT2D eigenvalue weighted by Gasteiger charge is 2.11. The number of nitrogens with zero attached hydrogens (tertiary/aromatic N) is 1. The molecule has 1 aromatic heterocycles. The SMILES string of the molecule is CCc1ccc(C(=O)NC(=S)Nc2ccc3oc(-c4ccc(Cl)cc4)nc3c2)cc1. The van der Waals surface area contributed by atoms with Crippen molar-refractivity contribution in [2.45, 2.75) is 13.3 Å². The highest BCUT2D eigenvalue weighted by Crippen LogP contribution is 2.27. The van der Waals surface area contributed by atoms with Crippen molar-refractivity contribution in [2.24, 2.45) is 0 Å². The van der Waals surface area contributed by atoms with Gasteiger partial charge in [0.15, 0.2) is 10.7 Å². The summed E-state index contributed by atoms with van der Waals surface area (Å²) in [4.78, 5) is 16.9. The van der Waals surface area contributed by atoms with Crippen LogP contribution in [0.4, 0.5) is 5.69 Å². The molecule has 0 spiro atoms. The van der Waals surface area contributed by atoms with Crippen molar-refractivity contribution in [3.8, 4) is 11.5 Å². The van der Waals surface area contributed by atoms with Crippen molar-refractivity contribution < 1.29 is 9.21 Å². The Kier molecular flexibility index (Phi) is 5.79. The highest BCUT2D eigenvalue weighted by molar-refractivity contribution is 7.80. The fraction of sp³-hybridized carbons (Fsp3) is 0.0870. The lowest BCUT2D eigenvalue weighted by atomic mass is 10.1. The minimum Gasteiger partial charge on any atom is -0.436 e. The van der Waals surface area contributed by atoms with Crippen LogP contribution >= 0.6 is 23.8 Å². The number of aromatic nitrogens is 1. The van der Waals surface area contributed by atoms with Gasteiger partial charge >= 0.3 is 0 Å². The van der Waals surface area contributed by atoms with Crippen LogP contribution < -0.4 is 10.6 Å². The fourth-order valence-corrected chi connectivity index (χ4v) is 3.29. The summed E-state index contributed by atoms with van der Waals surface area (Å²) in [5, 5.41) is 6.57. The molecule has 0 radical (unpaired) electrons. The van der Waals surface area contributed by atoms with Crippen LogP contribution in [0.25, 0.3) is 22.6 Å². The molecule has 1 amide bonds. The Hall–Kier alpha value is -3.22. The predicted octanol–water partition coefficient (Wildman–Crippen LogP) is 5.84. The lowest BCUT2D eigenvalue weighted by Crippen LogP contribution is -2.34. The Bertz CT molecular complexity index is 1220. The number of halogens is 1. The van der Waals surface area contributed by atoms with E-state index in [1.807, 2.05) is 36.4 Å². The van der Waals surface area contributed by atoms with Crippen LogP contribution in [0.2, 0.25) is 5.02 Å². The molecule has 150 valence electrons. The highest BCUT2D eigenvalue weighted by atomic mass is 35.5. The number of oxazole rings is 1. The van der Waals surface area contributed by atoms with Crippen molar-refractivity contribution in [3.05, 3.63) is 82.9 Å². The average molecular weight is 436 g/mol. The number of fused-ring (bicyclic) bond motifs is 1. The van der Waals surface area contributed by atoms with Crippen LogP contribution in [-0.4, -0.2) is 16.0 Å². The first-order valence-corrected chi connectivity index (χ1v) is 10.2. The minimum absolute atomic E-state index is 0.209. The maximum absolute atomic E-state index is 12.4. The van der Waals surface area contributed by atoms with Gasteiger partial charge in [-0.15, -0.1) is 0 Å². The van der Waals surface area contributed by atoms with Crippen molar-refractivity contribution in [1.82, 2.24) is 10.3 Å². The van der Waals surface area contributed by atoms with E-state index in [1.165, 1.54) is 5.56 Å². The molecular formula is C23H18ClN3O2S. The van der Waals surface area contributed by atoms with Crippen LogP contribution in [0, 0.1) is 0 Å². The summed E-state index contributed by atoms with van der Waals surface area (Å²) in [5.41, 5.74) is 4.58. The zero-order valence-electron chi connectivity index (χ0n) is 16.1. The lowest BCUT2D eigenvalue weighted by Gasteiger charge is -2.09. The molecule has 5 nitrogen and oxygen atoms in total. The normalized spacial score (nSPS) is 10.7. The first kappa shape index (κ1) is 20.1. The summed E-state index contributed by atoms with van der Waals surface area (Å²) in [6.07, 6.45) is 0.923. The van der Waals surface area contributed by atoms with Crippen molar-refractivity contribution in [3.63, 3.8) is 0 Å². The molecule has 2 N–H and O–H groups in total. The van der Waals surface area contributed by atoms with E-state index in [-0.39, 0.29) is 11.0 Å². The molecule has 7 heteroatoms. The molecule has 4 rings (SSSR count). The third kappa shape index (κ3) is 4.50. The molecule has 0 aliphatic carbocycles. The smallest absolute Gasteiger partial charge is 0.257 e. The molecule has 30 heavy (non-hydrogen) atoms. The largest absolute Gasteiger partial charge is 0.436 e. The Balaban J connectivity index is 1.45. The van der Waals surface area contributed by atoms with E-state index in [1.54, 1.807) is 30.3 Å². The Morgan fingerprint density at radius 3 is 2.50 bits per heavy atom. The molecule has 0 saturated carbocycles. The summed E-state index contributed by atoms with van der Waals surface area (Å²) in [6.45, 7) is 2.07. The van der Waals surface area contributed by atoms with E-state index in [4.69, 9.17) is 28.2 Å². The van der Waals surface area contributed by atoms with Crippen LogP contribution in [0.5, 0.6) is 0 Å². The van der Waals surface area contributed by atoms with Crippen LogP contribution in [0.1, 0.15) is 22.8 Å². The summed E-state index contributed by atoms with van der Waals surface area (Å²) in [5.74, 6) is 0.243. The first-order chi connectivity index (χ1) is 14.5. The van der Waals surface area contributed by atoms with E-state index in [2.05, 4.69) is 22.5 Å². The second-order valence-corrected chi connectivity index (χ2v) is 7.51. The van der Waals surface area contributed by atoms with E-state index in [0.717, 1.165) is 12.0 Å². The van der Waals surface area contributed by atoms with Gasteiger partial charge in [-0.25, -0.2) is 4.98 Å². The van der Waals surface area contributed by atoms with Gasteiger partial charge < -0.3 is 9.73 Å².